The van der Waals surface area contributed by atoms with Crippen molar-refractivity contribution in [1.29, 1.82) is 0 Å². The molecular weight excluding hydrogens is 338 g/mol. The molecule has 0 aliphatic rings. The number of hydrogen-bond donors (Lipinski definition) is 4. The van der Waals surface area contributed by atoms with E-state index < -0.39 is 12.1 Å². The summed E-state index contributed by atoms with van der Waals surface area (Å²) in [6.45, 7) is 0.0106. The fraction of sp³-hybridized carbons (Fsp3) is 0.111. The zero-order valence-electron chi connectivity index (χ0n) is 13.6. The van der Waals surface area contributed by atoms with Crippen LogP contribution in [0.4, 0.5) is 16.2 Å². The van der Waals surface area contributed by atoms with E-state index in [4.69, 9.17) is 8.83 Å². The van der Waals surface area contributed by atoms with Crippen LogP contribution >= 0.6 is 0 Å². The summed E-state index contributed by atoms with van der Waals surface area (Å²) < 4.78 is 10.1. The molecule has 0 saturated heterocycles. The summed E-state index contributed by atoms with van der Waals surface area (Å²) in [6.07, 6.45) is 1.95. The van der Waals surface area contributed by atoms with Gasteiger partial charge in [0, 0.05) is 11.4 Å². The highest BCUT2D eigenvalue weighted by Gasteiger charge is 2.12. The first-order chi connectivity index (χ1) is 12.6. The number of hydrogen-bond acceptors (Lipinski definition) is 5. The summed E-state index contributed by atoms with van der Waals surface area (Å²) in [4.78, 5) is 23.7. The molecule has 0 fully saturated rings. The van der Waals surface area contributed by atoms with Crippen molar-refractivity contribution in [2.24, 2.45) is 0 Å². The van der Waals surface area contributed by atoms with Crippen LogP contribution in [0.15, 0.2) is 69.9 Å². The number of furan rings is 2. The van der Waals surface area contributed by atoms with Gasteiger partial charge in [-0.15, -0.1) is 0 Å². The molecule has 4 N–H and O–H groups in total. The monoisotopic (exact) mass is 355 g/mol. The Balaban J connectivity index is 1.47. The Bertz CT molecular complexity index is 842. The van der Waals surface area contributed by atoms with Crippen LogP contribution in [0.25, 0.3) is 0 Å². The van der Waals surface area contributed by atoms with Crippen LogP contribution in [0.3, 0.4) is 0 Å². The molecule has 8 heteroatoms. The molecule has 0 aliphatic heterocycles. The van der Waals surface area contributed by atoms with E-state index in [1.165, 1.54) is 12.5 Å². The van der Waals surface area contributed by atoms with Gasteiger partial charge in [-0.2, -0.15) is 0 Å². The van der Waals surface area contributed by atoms with E-state index >= 15 is 0 Å². The van der Waals surface area contributed by atoms with Crippen molar-refractivity contribution in [3.8, 4) is 0 Å². The third-order valence-corrected chi connectivity index (χ3v) is 3.47. The Kier molecular flexibility index (Phi) is 5.35. The zero-order chi connectivity index (χ0) is 18.4. The minimum atomic E-state index is -0.921. The molecule has 3 rings (SSSR count). The van der Waals surface area contributed by atoms with Crippen molar-refractivity contribution in [3.63, 3.8) is 0 Å². The lowest BCUT2D eigenvalue weighted by atomic mass is 10.2. The second-order valence-corrected chi connectivity index (χ2v) is 5.38. The van der Waals surface area contributed by atoms with Crippen LogP contribution in [0, 0.1) is 0 Å². The lowest BCUT2D eigenvalue weighted by Gasteiger charge is -2.11. The third kappa shape index (κ3) is 4.52. The van der Waals surface area contributed by atoms with Crippen LogP contribution in [0.5, 0.6) is 0 Å². The Morgan fingerprint density at radius 3 is 2.19 bits per heavy atom. The minimum Gasteiger partial charge on any atom is -0.467 e. The first-order valence-corrected chi connectivity index (χ1v) is 7.83. The van der Waals surface area contributed by atoms with Crippen LogP contribution in [-0.2, 0) is 0 Å². The van der Waals surface area contributed by atoms with E-state index in [-0.39, 0.29) is 18.2 Å². The standard InChI is InChI=1S/C18H17N3O5/c22-14(15-3-1-9-25-15)11-19-18(24)21-13-7-5-12(6-8-13)20-17(23)16-4-2-10-26-16/h1-10,14,22H,11H2,(H,20,23)(H2,19,21,24). The van der Waals surface area contributed by atoms with Gasteiger partial charge < -0.3 is 29.9 Å². The fourth-order valence-electron chi connectivity index (χ4n) is 2.18. The lowest BCUT2D eigenvalue weighted by Crippen LogP contribution is -2.32. The molecule has 0 aliphatic carbocycles. The van der Waals surface area contributed by atoms with E-state index in [9.17, 15) is 14.7 Å². The molecule has 8 nitrogen and oxygen atoms in total. The quantitative estimate of drug-likeness (QED) is 0.542. The third-order valence-electron chi connectivity index (χ3n) is 3.47. The van der Waals surface area contributed by atoms with Crippen LogP contribution in [-0.4, -0.2) is 23.6 Å². The summed E-state index contributed by atoms with van der Waals surface area (Å²) >= 11 is 0. The van der Waals surface area contributed by atoms with Crippen LogP contribution < -0.4 is 16.0 Å². The van der Waals surface area contributed by atoms with Gasteiger partial charge in [0.05, 0.1) is 19.1 Å². The second kappa shape index (κ2) is 8.04. The van der Waals surface area contributed by atoms with E-state index in [1.54, 1.807) is 48.5 Å². The molecule has 3 amide bonds. The van der Waals surface area contributed by atoms with Gasteiger partial charge in [0.25, 0.3) is 5.91 Å². The van der Waals surface area contributed by atoms with Crippen molar-refractivity contribution in [1.82, 2.24) is 5.32 Å². The van der Waals surface area contributed by atoms with Gasteiger partial charge in [0.1, 0.15) is 11.9 Å². The highest BCUT2D eigenvalue weighted by Crippen LogP contribution is 2.15. The molecule has 1 atom stereocenters. The number of carbonyl (C=O) groups is 2. The smallest absolute Gasteiger partial charge is 0.319 e. The van der Waals surface area contributed by atoms with Gasteiger partial charge in [-0.25, -0.2) is 4.79 Å². The first-order valence-electron chi connectivity index (χ1n) is 7.83. The first kappa shape index (κ1) is 17.3. The molecule has 1 unspecified atom stereocenters. The number of aliphatic hydroxyl groups is 1. The van der Waals surface area contributed by atoms with Crippen molar-refractivity contribution in [2.75, 3.05) is 17.2 Å². The molecule has 26 heavy (non-hydrogen) atoms. The molecule has 0 radical (unpaired) electrons. The number of rotatable bonds is 6. The van der Waals surface area contributed by atoms with E-state index in [2.05, 4.69) is 16.0 Å². The number of urea groups is 1. The van der Waals surface area contributed by atoms with Gasteiger partial charge in [-0.1, -0.05) is 0 Å². The van der Waals surface area contributed by atoms with Crippen molar-refractivity contribution in [3.05, 3.63) is 72.6 Å². The van der Waals surface area contributed by atoms with Crippen molar-refractivity contribution >= 4 is 23.3 Å². The Morgan fingerprint density at radius 1 is 0.923 bits per heavy atom. The molecule has 2 aromatic heterocycles. The normalized spacial score (nSPS) is 11.6. The predicted molar refractivity (Wildman–Crippen MR) is 93.8 cm³/mol. The number of aliphatic hydroxyl groups excluding tert-OH is 1. The van der Waals surface area contributed by atoms with Gasteiger partial charge in [-0.05, 0) is 48.5 Å². The molecule has 2 heterocycles. The summed E-state index contributed by atoms with van der Waals surface area (Å²) in [5, 5.41) is 17.7. The minimum absolute atomic E-state index is 0.0106. The maximum atomic E-state index is 11.9. The summed E-state index contributed by atoms with van der Waals surface area (Å²) in [7, 11) is 0. The topological polar surface area (TPSA) is 117 Å². The number of amides is 3. The Labute approximate surface area is 148 Å². The molecule has 0 bridgehead atoms. The van der Waals surface area contributed by atoms with Crippen LogP contribution in [0.1, 0.15) is 22.4 Å². The maximum Gasteiger partial charge on any atom is 0.319 e. The second-order valence-electron chi connectivity index (χ2n) is 5.38. The highest BCUT2D eigenvalue weighted by atomic mass is 16.4. The number of nitrogens with one attached hydrogen (secondary N) is 3. The number of benzene rings is 1. The average molecular weight is 355 g/mol. The highest BCUT2D eigenvalue weighted by molar-refractivity contribution is 6.02. The van der Waals surface area contributed by atoms with Gasteiger partial charge >= 0.3 is 6.03 Å². The molecular formula is C18H17N3O5. The largest absolute Gasteiger partial charge is 0.467 e. The summed E-state index contributed by atoms with van der Waals surface area (Å²) in [6, 6.07) is 12.6. The maximum absolute atomic E-state index is 11.9. The fourth-order valence-corrected chi connectivity index (χ4v) is 2.18. The van der Waals surface area contributed by atoms with Gasteiger partial charge in [0.15, 0.2) is 5.76 Å². The van der Waals surface area contributed by atoms with Crippen LogP contribution in [0.2, 0.25) is 0 Å². The predicted octanol–water partition coefficient (Wildman–Crippen LogP) is 2.98. The summed E-state index contributed by atoms with van der Waals surface area (Å²) in [5.74, 6) is 0.226. The SMILES string of the molecule is O=C(NCC(O)c1ccco1)Nc1ccc(NC(=O)c2ccco2)cc1. The molecule has 134 valence electrons. The molecule has 0 saturated carbocycles. The average Bonchev–Trinajstić information content (AvgIpc) is 3.35. The molecule has 0 spiro atoms. The van der Waals surface area contributed by atoms with E-state index in [0.717, 1.165) is 0 Å². The lowest BCUT2D eigenvalue weighted by molar-refractivity contribution is 0.0996. The van der Waals surface area contributed by atoms with Crippen molar-refractivity contribution in [2.45, 2.75) is 6.10 Å². The zero-order valence-corrected chi connectivity index (χ0v) is 13.6. The Hall–Kier alpha value is -3.52. The summed E-state index contributed by atoms with van der Waals surface area (Å²) in [5.41, 5.74) is 1.09. The van der Waals surface area contributed by atoms with Gasteiger partial charge in [-0.3, -0.25) is 4.79 Å². The van der Waals surface area contributed by atoms with Gasteiger partial charge in [0.2, 0.25) is 0 Å². The Morgan fingerprint density at radius 2 is 1.58 bits per heavy atom. The molecule has 1 aromatic carbocycles. The van der Waals surface area contributed by atoms with Crippen molar-refractivity contribution < 1.29 is 23.5 Å². The van der Waals surface area contributed by atoms with E-state index in [1.807, 2.05) is 0 Å². The molecule has 3 aromatic rings. The number of anilines is 2. The number of carbonyl (C=O) groups excluding carboxylic acids is 2. The van der Waals surface area contributed by atoms with E-state index in [0.29, 0.717) is 17.1 Å².